The summed E-state index contributed by atoms with van der Waals surface area (Å²) in [5.74, 6) is -0.485. The fourth-order valence-electron chi connectivity index (χ4n) is 2.53. The van der Waals surface area contributed by atoms with Gasteiger partial charge in [-0.1, -0.05) is 23.7 Å². The number of thiazole rings is 1. The Labute approximate surface area is 143 Å². The van der Waals surface area contributed by atoms with Crippen LogP contribution in [0.5, 0.6) is 0 Å². The number of aromatic nitrogens is 1. The minimum atomic E-state index is -0.334. The summed E-state index contributed by atoms with van der Waals surface area (Å²) in [4.78, 5) is 31.3. The van der Waals surface area contributed by atoms with E-state index in [-0.39, 0.29) is 24.2 Å². The molecule has 1 aromatic heterocycles. The topological polar surface area (TPSA) is 62.3 Å². The Kier molecular flexibility index (Phi) is 4.63. The van der Waals surface area contributed by atoms with Gasteiger partial charge in [-0.15, -0.1) is 11.3 Å². The van der Waals surface area contributed by atoms with Crippen molar-refractivity contribution in [1.29, 1.82) is 0 Å². The average Bonchev–Trinajstić information content (AvgIpc) is 3.08. The zero-order chi connectivity index (χ0) is 16.4. The van der Waals surface area contributed by atoms with Gasteiger partial charge in [-0.05, 0) is 24.6 Å². The normalized spacial score (nSPS) is 17.6. The fourth-order valence-corrected chi connectivity index (χ4v) is 3.32. The van der Waals surface area contributed by atoms with Crippen LogP contribution in [0.15, 0.2) is 30.5 Å². The van der Waals surface area contributed by atoms with Crippen molar-refractivity contribution in [3.8, 4) is 0 Å². The van der Waals surface area contributed by atoms with Crippen LogP contribution in [0, 0.1) is 12.8 Å². The van der Waals surface area contributed by atoms with Gasteiger partial charge in [0.1, 0.15) is 0 Å². The van der Waals surface area contributed by atoms with Crippen LogP contribution in [0.25, 0.3) is 0 Å². The molecule has 2 amide bonds. The van der Waals surface area contributed by atoms with E-state index < -0.39 is 0 Å². The van der Waals surface area contributed by atoms with Crippen molar-refractivity contribution in [3.05, 3.63) is 45.9 Å². The van der Waals surface area contributed by atoms with Gasteiger partial charge in [0.05, 0.1) is 5.92 Å². The van der Waals surface area contributed by atoms with Crippen molar-refractivity contribution in [2.24, 2.45) is 5.92 Å². The van der Waals surface area contributed by atoms with E-state index >= 15 is 0 Å². The largest absolute Gasteiger partial charge is 0.338 e. The summed E-state index contributed by atoms with van der Waals surface area (Å²) in [5.41, 5.74) is 0.999. The molecule has 0 radical (unpaired) electrons. The molecule has 2 heterocycles. The van der Waals surface area contributed by atoms with Crippen LogP contribution in [0.3, 0.4) is 0 Å². The number of nitrogens with zero attached hydrogens (tertiary/aromatic N) is 2. The van der Waals surface area contributed by atoms with E-state index in [1.165, 1.54) is 11.3 Å². The maximum absolute atomic E-state index is 12.3. The number of carbonyl (C=O) groups excluding carboxylic acids is 2. The van der Waals surface area contributed by atoms with Gasteiger partial charge >= 0.3 is 0 Å². The second-order valence-electron chi connectivity index (χ2n) is 5.57. The molecule has 5 nitrogen and oxygen atoms in total. The van der Waals surface area contributed by atoms with Gasteiger partial charge in [0.2, 0.25) is 11.8 Å². The summed E-state index contributed by atoms with van der Waals surface area (Å²) in [6.07, 6.45) is 1.96. The molecule has 1 aromatic carbocycles. The lowest BCUT2D eigenvalue weighted by Gasteiger charge is -2.16. The Morgan fingerprint density at radius 3 is 2.83 bits per heavy atom. The lowest BCUT2D eigenvalue weighted by molar-refractivity contribution is -0.128. The van der Waals surface area contributed by atoms with Gasteiger partial charge in [0, 0.05) is 35.6 Å². The Morgan fingerprint density at radius 2 is 2.17 bits per heavy atom. The number of halogens is 1. The van der Waals surface area contributed by atoms with Gasteiger partial charge in [-0.25, -0.2) is 4.98 Å². The standard InChI is InChI=1S/C16H16ClN3O2S/c1-10-7-18-16(23-10)19-15(22)12-6-14(21)20(9-12)8-11-2-4-13(17)5-3-11/h2-5,7,12H,6,8-9H2,1H3,(H,18,19,22)/t12-/m1/s1. The quantitative estimate of drug-likeness (QED) is 0.922. The number of carbonyl (C=O) groups is 2. The average molecular weight is 350 g/mol. The second-order valence-corrected chi connectivity index (χ2v) is 7.24. The molecule has 0 saturated carbocycles. The first-order valence-corrected chi connectivity index (χ1v) is 8.46. The predicted octanol–water partition coefficient (Wildman–Crippen LogP) is 3.09. The summed E-state index contributed by atoms with van der Waals surface area (Å²) >= 11 is 7.29. The summed E-state index contributed by atoms with van der Waals surface area (Å²) in [6.45, 7) is 2.86. The number of benzene rings is 1. The minimum Gasteiger partial charge on any atom is -0.338 e. The van der Waals surface area contributed by atoms with Gasteiger partial charge in [0.25, 0.3) is 0 Å². The number of nitrogens with one attached hydrogen (secondary N) is 1. The number of rotatable bonds is 4. The number of hydrogen-bond acceptors (Lipinski definition) is 4. The third kappa shape index (κ3) is 3.89. The summed E-state index contributed by atoms with van der Waals surface area (Å²) in [7, 11) is 0. The van der Waals surface area contributed by atoms with Crippen LogP contribution in [-0.2, 0) is 16.1 Å². The highest BCUT2D eigenvalue weighted by atomic mass is 35.5. The van der Waals surface area contributed by atoms with Crippen LogP contribution in [0.1, 0.15) is 16.9 Å². The summed E-state index contributed by atoms with van der Waals surface area (Å²) in [6, 6.07) is 7.38. The molecule has 1 aliphatic heterocycles. The van der Waals surface area contributed by atoms with E-state index in [4.69, 9.17) is 11.6 Å². The lowest BCUT2D eigenvalue weighted by atomic mass is 10.1. The highest BCUT2D eigenvalue weighted by Gasteiger charge is 2.34. The monoisotopic (exact) mass is 349 g/mol. The van der Waals surface area contributed by atoms with E-state index in [1.807, 2.05) is 19.1 Å². The van der Waals surface area contributed by atoms with Crippen LogP contribution < -0.4 is 5.32 Å². The zero-order valence-corrected chi connectivity index (χ0v) is 14.2. The van der Waals surface area contributed by atoms with Crippen LogP contribution >= 0.6 is 22.9 Å². The van der Waals surface area contributed by atoms with E-state index in [9.17, 15) is 9.59 Å². The molecule has 1 aliphatic rings. The van der Waals surface area contributed by atoms with Crippen molar-refractivity contribution in [3.63, 3.8) is 0 Å². The maximum Gasteiger partial charge on any atom is 0.231 e. The first-order chi connectivity index (χ1) is 11.0. The molecule has 0 aliphatic carbocycles. The molecule has 1 saturated heterocycles. The molecule has 120 valence electrons. The van der Waals surface area contributed by atoms with Crippen molar-refractivity contribution >= 4 is 39.9 Å². The number of hydrogen-bond donors (Lipinski definition) is 1. The van der Waals surface area contributed by atoms with Crippen LogP contribution in [0.2, 0.25) is 5.02 Å². The number of likely N-dealkylation sites (tertiary alicyclic amines) is 1. The fraction of sp³-hybridized carbons (Fsp3) is 0.312. The molecular weight excluding hydrogens is 334 g/mol. The van der Waals surface area contributed by atoms with Crippen molar-refractivity contribution in [2.45, 2.75) is 19.9 Å². The molecule has 0 spiro atoms. The van der Waals surface area contributed by atoms with Crippen molar-refractivity contribution in [2.75, 3.05) is 11.9 Å². The third-order valence-corrected chi connectivity index (χ3v) is 4.80. The van der Waals surface area contributed by atoms with Crippen LogP contribution in [0.4, 0.5) is 5.13 Å². The van der Waals surface area contributed by atoms with Crippen LogP contribution in [-0.4, -0.2) is 28.2 Å². The van der Waals surface area contributed by atoms with E-state index in [1.54, 1.807) is 23.2 Å². The Hall–Kier alpha value is -1.92. The Bertz CT molecular complexity index is 729. The first kappa shape index (κ1) is 16.0. The summed E-state index contributed by atoms with van der Waals surface area (Å²) in [5, 5.41) is 4.03. The number of anilines is 1. The first-order valence-electron chi connectivity index (χ1n) is 7.27. The van der Waals surface area contributed by atoms with E-state index in [2.05, 4.69) is 10.3 Å². The lowest BCUT2D eigenvalue weighted by Crippen LogP contribution is -2.28. The molecule has 7 heteroatoms. The second kappa shape index (κ2) is 6.68. The van der Waals surface area contributed by atoms with Gasteiger partial charge in [-0.2, -0.15) is 0 Å². The van der Waals surface area contributed by atoms with Gasteiger partial charge in [-0.3, -0.25) is 9.59 Å². The highest BCUT2D eigenvalue weighted by molar-refractivity contribution is 7.15. The molecule has 3 rings (SSSR count). The van der Waals surface area contributed by atoms with Gasteiger partial charge in [0.15, 0.2) is 5.13 Å². The molecule has 0 unspecified atom stereocenters. The van der Waals surface area contributed by atoms with E-state index in [0.29, 0.717) is 23.2 Å². The smallest absolute Gasteiger partial charge is 0.231 e. The van der Waals surface area contributed by atoms with E-state index in [0.717, 1.165) is 10.4 Å². The Morgan fingerprint density at radius 1 is 1.43 bits per heavy atom. The summed E-state index contributed by atoms with van der Waals surface area (Å²) < 4.78 is 0. The minimum absolute atomic E-state index is 0.00424. The molecule has 1 atom stereocenters. The number of amides is 2. The molecular formula is C16H16ClN3O2S. The predicted molar refractivity (Wildman–Crippen MR) is 90.5 cm³/mol. The maximum atomic E-state index is 12.3. The van der Waals surface area contributed by atoms with Gasteiger partial charge < -0.3 is 10.2 Å². The van der Waals surface area contributed by atoms with Crippen molar-refractivity contribution < 1.29 is 9.59 Å². The highest BCUT2D eigenvalue weighted by Crippen LogP contribution is 2.24. The molecule has 2 aromatic rings. The zero-order valence-electron chi connectivity index (χ0n) is 12.6. The SMILES string of the molecule is Cc1cnc(NC(=O)[C@@H]2CC(=O)N(Cc3ccc(Cl)cc3)C2)s1. The molecule has 0 bridgehead atoms. The Balaban J connectivity index is 1.60. The molecule has 1 N–H and O–H groups in total. The molecule has 1 fully saturated rings. The number of aryl methyl sites for hydroxylation is 1. The molecule has 23 heavy (non-hydrogen) atoms. The third-order valence-electron chi connectivity index (χ3n) is 3.72. The van der Waals surface area contributed by atoms with Crippen molar-refractivity contribution in [1.82, 2.24) is 9.88 Å².